The first kappa shape index (κ1) is 13.4. The fraction of sp³-hybridized carbons (Fsp3) is 0.357. The highest BCUT2D eigenvalue weighted by atomic mass is 35.5. The van der Waals surface area contributed by atoms with Crippen molar-refractivity contribution in [2.24, 2.45) is 0 Å². The molecule has 0 bridgehead atoms. The molecule has 2 aromatic rings. The number of unbranched alkanes of at least 4 members (excludes halogenated alkanes) is 2. The van der Waals surface area contributed by atoms with Crippen molar-refractivity contribution in [3.63, 3.8) is 0 Å². The van der Waals surface area contributed by atoms with Crippen molar-refractivity contribution in [1.82, 2.24) is 4.98 Å². The standard InChI is InChI=1S/C14H15Cl2NO/c1-2-3-4-5-13(18)10-8-17-12-7-9(15)6-11(16)14(10)12/h6-8,17H,2-5H2,1H3. The number of aromatic amines is 1. The molecule has 0 radical (unpaired) electrons. The number of nitrogens with one attached hydrogen (secondary N) is 1. The van der Waals surface area contributed by atoms with Gasteiger partial charge in [-0.15, -0.1) is 0 Å². The first-order valence-electron chi connectivity index (χ1n) is 6.12. The van der Waals surface area contributed by atoms with Crippen LogP contribution in [0.4, 0.5) is 0 Å². The van der Waals surface area contributed by atoms with E-state index in [0.717, 1.165) is 30.2 Å². The van der Waals surface area contributed by atoms with Gasteiger partial charge in [0, 0.05) is 34.1 Å². The zero-order chi connectivity index (χ0) is 13.1. The molecule has 0 amide bonds. The highest BCUT2D eigenvalue weighted by Crippen LogP contribution is 2.31. The number of carbonyl (C=O) groups excluding carboxylic acids is 1. The minimum atomic E-state index is 0.138. The number of fused-ring (bicyclic) bond motifs is 1. The molecule has 0 fully saturated rings. The highest BCUT2D eigenvalue weighted by Gasteiger charge is 2.14. The van der Waals surface area contributed by atoms with Crippen molar-refractivity contribution in [1.29, 1.82) is 0 Å². The van der Waals surface area contributed by atoms with Gasteiger partial charge in [-0.3, -0.25) is 4.79 Å². The van der Waals surface area contributed by atoms with Gasteiger partial charge in [-0.2, -0.15) is 0 Å². The SMILES string of the molecule is CCCCCC(=O)c1c[nH]c2cc(Cl)cc(Cl)c12. The second kappa shape index (κ2) is 5.77. The lowest BCUT2D eigenvalue weighted by Gasteiger charge is -2.01. The third-order valence-corrected chi connectivity index (χ3v) is 3.52. The van der Waals surface area contributed by atoms with Crippen molar-refractivity contribution in [3.8, 4) is 0 Å². The number of halogens is 2. The molecular weight excluding hydrogens is 269 g/mol. The summed E-state index contributed by atoms with van der Waals surface area (Å²) in [4.78, 5) is 15.2. The van der Waals surface area contributed by atoms with Crippen molar-refractivity contribution < 1.29 is 4.79 Å². The number of Topliss-reactive ketones (excluding diaryl/α,β-unsaturated/α-hetero) is 1. The Hall–Kier alpha value is -0.990. The third kappa shape index (κ3) is 2.70. The molecule has 18 heavy (non-hydrogen) atoms. The van der Waals surface area contributed by atoms with Crippen LogP contribution in [0.1, 0.15) is 43.0 Å². The van der Waals surface area contributed by atoms with Crippen LogP contribution in [0.5, 0.6) is 0 Å². The van der Waals surface area contributed by atoms with Gasteiger partial charge >= 0.3 is 0 Å². The largest absolute Gasteiger partial charge is 0.360 e. The maximum absolute atomic E-state index is 12.1. The van der Waals surface area contributed by atoms with Crippen LogP contribution >= 0.6 is 23.2 Å². The number of benzene rings is 1. The molecule has 0 unspecified atom stereocenters. The van der Waals surface area contributed by atoms with Gasteiger partial charge in [0.05, 0.1) is 5.02 Å². The summed E-state index contributed by atoms with van der Waals surface area (Å²) in [7, 11) is 0. The molecule has 1 N–H and O–H groups in total. The Labute approximate surface area is 116 Å². The van der Waals surface area contributed by atoms with Crippen LogP contribution in [0.25, 0.3) is 10.9 Å². The summed E-state index contributed by atoms with van der Waals surface area (Å²) in [6.07, 6.45) is 5.40. The first-order chi connectivity index (χ1) is 8.63. The molecule has 4 heteroatoms. The van der Waals surface area contributed by atoms with E-state index in [1.807, 2.05) is 0 Å². The lowest BCUT2D eigenvalue weighted by molar-refractivity contribution is 0.0981. The van der Waals surface area contributed by atoms with E-state index in [1.165, 1.54) is 0 Å². The normalized spacial score (nSPS) is 11.1. The molecule has 2 rings (SSSR count). The van der Waals surface area contributed by atoms with Gasteiger partial charge in [0.15, 0.2) is 5.78 Å². The van der Waals surface area contributed by atoms with E-state index < -0.39 is 0 Å². The van der Waals surface area contributed by atoms with Gasteiger partial charge in [-0.05, 0) is 18.6 Å². The molecule has 0 saturated heterocycles. The molecule has 0 saturated carbocycles. The number of hydrogen-bond donors (Lipinski definition) is 1. The van der Waals surface area contributed by atoms with Crippen LogP contribution in [0.15, 0.2) is 18.3 Å². The number of carbonyl (C=O) groups is 1. The van der Waals surface area contributed by atoms with Crippen molar-refractivity contribution in [3.05, 3.63) is 33.9 Å². The van der Waals surface area contributed by atoms with Crippen LogP contribution in [0.2, 0.25) is 10.0 Å². The van der Waals surface area contributed by atoms with Gasteiger partial charge < -0.3 is 4.98 Å². The molecule has 96 valence electrons. The summed E-state index contributed by atoms with van der Waals surface area (Å²) in [5.41, 5.74) is 1.48. The summed E-state index contributed by atoms with van der Waals surface area (Å²) < 4.78 is 0. The van der Waals surface area contributed by atoms with E-state index in [-0.39, 0.29) is 5.78 Å². The summed E-state index contributed by atoms with van der Waals surface area (Å²) in [5, 5.41) is 1.87. The predicted molar refractivity (Wildman–Crippen MR) is 76.8 cm³/mol. The average molecular weight is 284 g/mol. The average Bonchev–Trinajstić information content (AvgIpc) is 2.73. The van der Waals surface area contributed by atoms with E-state index in [4.69, 9.17) is 23.2 Å². The van der Waals surface area contributed by atoms with E-state index in [1.54, 1.807) is 18.3 Å². The number of hydrogen-bond acceptors (Lipinski definition) is 1. The lowest BCUT2D eigenvalue weighted by atomic mass is 10.0. The second-order valence-electron chi connectivity index (χ2n) is 4.39. The maximum Gasteiger partial charge on any atom is 0.165 e. The molecule has 0 spiro atoms. The summed E-state index contributed by atoms with van der Waals surface area (Å²) in [6.45, 7) is 2.12. The molecule has 0 aliphatic rings. The lowest BCUT2D eigenvalue weighted by Crippen LogP contribution is -1.97. The third-order valence-electron chi connectivity index (χ3n) is 3.00. The molecule has 0 atom stereocenters. The van der Waals surface area contributed by atoms with Crippen LogP contribution in [-0.4, -0.2) is 10.8 Å². The van der Waals surface area contributed by atoms with E-state index >= 15 is 0 Å². The number of H-pyrrole nitrogens is 1. The Bertz CT molecular complexity index is 574. The minimum absolute atomic E-state index is 0.138. The van der Waals surface area contributed by atoms with Crippen LogP contribution in [0, 0.1) is 0 Å². The topological polar surface area (TPSA) is 32.9 Å². The van der Waals surface area contributed by atoms with Crippen LogP contribution in [-0.2, 0) is 0 Å². The Morgan fingerprint density at radius 2 is 2.06 bits per heavy atom. The van der Waals surface area contributed by atoms with Crippen molar-refractivity contribution in [2.45, 2.75) is 32.6 Å². The zero-order valence-electron chi connectivity index (χ0n) is 10.2. The maximum atomic E-state index is 12.1. The van der Waals surface area contributed by atoms with E-state index in [2.05, 4.69) is 11.9 Å². The summed E-state index contributed by atoms with van der Waals surface area (Å²) in [5.74, 6) is 0.138. The molecule has 1 aromatic carbocycles. The second-order valence-corrected chi connectivity index (χ2v) is 5.24. The Balaban J connectivity index is 2.31. The predicted octanol–water partition coefficient (Wildman–Crippen LogP) is 5.24. The van der Waals surface area contributed by atoms with Gasteiger partial charge in [0.25, 0.3) is 0 Å². The Morgan fingerprint density at radius 1 is 1.28 bits per heavy atom. The molecule has 0 aliphatic carbocycles. The van der Waals surface area contributed by atoms with Crippen molar-refractivity contribution in [2.75, 3.05) is 0 Å². The van der Waals surface area contributed by atoms with E-state index in [9.17, 15) is 4.79 Å². The van der Waals surface area contributed by atoms with Gasteiger partial charge in [-0.1, -0.05) is 43.0 Å². The van der Waals surface area contributed by atoms with Crippen LogP contribution < -0.4 is 0 Å². The molecule has 1 heterocycles. The Morgan fingerprint density at radius 3 is 2.78 bits per heavy atom. The van der Waals surface area contributed by atoms with Crippen LogP contribution in [0.3, 0.4) is 0 Å². The van der Waals surface area contributed by atoms with Gasteiger partial charge in [0.1, 0.15) is 0 Å². The fourth-order valence-electron chi connectivity index (χ4n) is 2.07. The smallest absolute Gasteiger partial charge is 0.165 e. The number of aromatic nitrogens is 1. The molecule has 2 nitrogen and oxygen atoms in total. The zero-order valence-corrected chi connectivity index (χ0v) is 11.7. The summed E-state index contributed by atoms with van der Waals surface area (Å²) in [6, 6.07) is 3.45. The number of ketones is 1. The van der Waals surface area contributed by atoms with E-state index in [0.29, 0.717) is 22.0 Å². The fourth-order valence-corrected chi connectivity index (χ4v) is 2.67. The molecule has 0 aliphatic heterocycles. The monoisotopic (exact) mass is 283 g/mol. The quantitative estimate of drug-likeness (QED) is 0.591. The molecular formula is C14H15Cl2NO. The minimum Gasteiger partial charge on any atom is -0.360 e. The Kier molecular flexibility index (Phi) is 4.31. The molecule has 1 aromatic heterocycles. The van der Waals surface area contributed by atoms with Gasteiger partial charge in [0.2, 0.25) is 0 Å². The summed E-state index contributed by atoms with van der Waals surface area (Å²) >= 11 is 12.1. The first-order valence-corrected chi connectivity index (χ1v) is 6.88. The highest BCUT2D eigenvalue weighted by molar-refractivity contribution is 6.39. The number of rotatable bonds is 5. The van der Waals surface area contributed by atoms with Gasteiger partial charge in [-0.25, -0.2) is 0 Å². The van der Waals surface area contributed by atoms with Crippen molar-refractivity contribution >= 4 is 39.9 Å².